The Labute approximate surface area is 160 Å². The van der Waals surface area contributed by atoms with E-state index in [1.807, 2.05) is 19.1 Å². The molecule has 1 aliphatic rings. The fourth-order valence-corrected chi connectivity index (χ4v) is 3.45. The van der Waals surface area contributed by atoms with Crippen LogP contribution in [-0.4, -0.2) is 52.0 Å². The molecule has 0 N–H and O–H groups in total. The Morgan fingerprint density at radius 3 is 2.64 bits per heavy atom. The van der Waals surface area contributed by atoms with Crippen LogP contribution in [0.4, 0.5) is 14.5 Å². The van der Waals surface area contributed by atoms with Crippen LogP contribution in [0.25, 0.3) is 10.9 Å². The van der Waals surface area contributed by atoms with E-state index in [1.165, 1.54) is 6.33 Å². The summed E-state index contributed by atoms with van der Waals surface area (Å²) < 4.78 is 31.6. The summed E-state index contributed by atoms with van der Waals surface area (Å²) in [5, 5.41) is 0.352. The third-order valence-electron chi connectivity index (χ3n) is 4.91. The lowest BCUT2D eigenvalue weighted by Gasteiger charge is -2.35. The summed E-state index contributed by atoms with van der Waals surface area (Å²) >= 11 is 0. The summed E-state index contributed by atoms with van der Waals surface area (Å²) in [6, 6.07) is 5.37. The van der Waals surface area contributed by atoms with E-state index in [9.17, 15) is 13.6 Å². The summed E-state index contributed by atoms with van der Waals surface area (Å²) in [6.07, 6.45) is 0.327. The second kappa shape index (κ2) is 7.67. The standard InChI is InChI=1S/C19H21F2N5O2/c1-13-9-22-18(28-13)11-24-4-6-25(7-5-24)14-2-3-15-16(8-14)23-12-26(19(15)27)10-17(20)21/h2-3,8-9,12,17H,4-7,10-11H2,1H3. The molecule has 7 nitrogen and oxygen atoms in total. The van der Waals surface area contributed by atoms with Crippen LogP contribution < -0.4 is 10.5 Å². The first-order chi connectivity index (χ1) is 13.5. The van der Waals surface area contributed by atoms with E-state index < -0.39 is 18.5 Å². The van der Waals surface area contributed by atoms with Crippen LogP contribution in [0, 0.1) is 6.92 Å². The molecule has 1 fully saturated rings. The zero-order chi connectivity index (χ0) is 19.7. The van der Waals surface area contributed by atoms with E-state index in [-0.39, 0.29) is 0 Å². The van der Waals surface area contributed by atoms with Gasteiger partial charge in [-0.2, -0.15) is 0 Å². The van der Waals surface area contributed by atoms with Gasteiger partial charge in [0.15, 0.2) is 0 Å². The molecule has 2 aromatic heterocycles. The van der Waals surface area contributed by atoms with E-state index in [2.05, 4.69) is 19.8 Å². The highest BCUT2D eigenvalue weighted by atomic mass is 19.3. The van der Waals surface area contributed by atoms with Gasteiger partial charge in [-0.15, -0.1) is 0 Å². The molecule has 3 heterocycles. The van der Waals surface area contributed by atoms with E-state index in [0.717, 1.165) is 48.1 Å². The van der Waals surface area contributed by atoms with Gasteiger partial charge in [-0.05, 0) is 25.1 Å². The number of piperazine rings is 1. The van der Waals surface area contributed by atoms with Crippen molar-refractivity contribution in [2.75, 3.05) is 31.1 Å². The van der Waals surface area contributed by atoms with Crippen LogP contribution in [0.1, 0.15) is 11.7 Å². The van der Waals surface area contributed by atoms with Gasteiger partial charge >= 0.3 is 0 Å². The molecule has 3 aromatic rings. The summed E-state index contributed by atoms with van der Waals surface area (Å²) in [5.74, 6) is 1.53. The number of alkyl halides is 2. The molecule has 0 bridgehead atoms. The number of fused-ring (bicyclic) bond motifs is 1. The SMILES string of the molecule is Cc1cnc(CN2CCN(c3ccc4c(=O)n(CC(F)F)cnc4c3)CC2)o1. The largest absolute Gasteiger partial charge is 0.445 e. The average molecular weight is 389 g/mol. The van der Waals surface area contributed by atoms with Gasteiger partial charge in [0.1, 0.15) is 5.76 Å². The predicted molar refractivity (Wildman–Crippen MR) is 101 cm³/mol. The number of aromatic nitrogens is 3. The molecule has 1 aromatic carbocycles. The second-order valence-corrected chi connectivity index (χ2v) is 6.92. The number of rotatable bonds is 5. The molecule has 1 saturated heterocycles. The van der Waals surface area contributed by atoms with Crippen molar-refractivity contribution in [3.05, 3.63) is 52.7 Å². The lowest BCUT2D eigenvalue weighted by atomic mass is 10.2. The minimum Gasteiger partial charge on any atom is -0.445 e. The highest BCUT2D eigenvalue weighted by molar-refractivity contribution is 5.81. The van der Waals surface area contributed by atoms with Gasteiger partial charge in [-0.25, -0.2) is 18.7 Å². The van der Waals surface area contributed by atoms with Crippen molar-refractivity contribution in [3.63, 3.8) is 0 Å². The van der Waals surface area contributed by atoms with Crippen LogP contribution in [0.15, 0.2) is 39.9 Å². The van der Waals surface area contributed by atoms with Gasteiger partial charge in [0.05, 0.1) is 36.5 Å². The number of aryl methyl sites for hydroxylation is 1. The highest BCUT2D eigenvalue weighted by Gasteiger charge is 2.19. The molecular weight excluding hydrogens is 368 g/mol. The third kappa shape index (κ3) is 3.89. The van der Waals surface area contributed by atoms with Crippen LogP contribution >= 0.6 is 0 Å². The van der Waals surface area contributed by atoms with Crippen LogP contribution in [0.3, 0.4) is 0 Å². The Kier molecular flexibility index (Phi) is 5.08. The van der Waals surface area contributed by atoms with Crippen molar-refractivity contribution >= 4 is 16.6 Å². The van der Waals surface area contributed by atoms with Crippen LogP contribution in [-0.2, 0) is 13.1 Å². The number of hydrogen-bond donors (Lipinski definition) is 0. The predicted octanol–water partition coefficient (Wildman–Crippen LogP) is 2.28. The number of oxazole rings is 1. The zero-order valence-corrected chi connectivity index (χ0v) is 15.5. The maximum absolute atomic E-state index is 12.6. The van der Waals surface area contributed by atoms with Gasteiger partial charge in [-0.3, -0.25) is 14.3 Å². The van der Waals surface area contributed by atoms with E-state index in [4.69, 9.17) is 4.42 Å². The van der Waals surface area contributed by atoms with Gasteiger partial charge in [-0.1, -0.05) is 0 Å². The molecule has 0 spiro atoms. The molecule has 0 aliphatic carbocycles. The van der Waals surface area contributed by atoms with Gasteiger partial charge in [0, 0.05) is 31.9 Å². The topological polar surface area (TPSA) is 67.4 Å². The Hall–Kier alpha value is -2.81. The summed E-state index contributed by atoms with van der Waals surface area (Å²) in [6.45, 7) is 5.30. The maximum atomic E-state index is 12.6. The lowest BCUT2D eigenvalue weighted by molar-refractivity contribution is 0.125. The summed E-state index contributed by atoms with van der Waals surface area (Å²) in [5.41, 5.74) is 1.05. The second-order valence-electron chi connectivity index (χ2n) is 6.92. The summed E-state index contributed by atoms with van der Waals surface area (Å²) in [7, 11) is 0. The Balaban J connectivity index is 1.45. The molecule has 1 aliphatic heterocycles. The quantitative estimate of drug-likeness (QED) is 0.667. The first-order valence-electron chi connectivity index (χ1n) is 9.15. The smallest absolute Gasteiger partial charge is 0.261 e. The molecule has 148 valence electrons. The van der Waals surface area contributed by atoms with Gasteiger partial charge < -0.3 is 9.32 Å². The van der Waals surface area contributed by atoms with E-state index >= 15 is 0 Å². The van der Waals surface area contributed by atoms with Crippen molar-refractivity contribution in [2.24, 2.45) is 0 Å². The minimum atomic E-state index is -2.59. The number of anilines is 1. The van der Waals surface area contributed by atoms with Crippen molar-refractivity contribution in [2.45, 2.75) is 26.4 Å². The average Bonchev–Trinajstić information content (AvgIpc) is 3.09. The number of nitrogens with zero attached hydrogens (tertiary/aromatic N) is 5. The van der Waals surface area contributed by atoms with Gasteiger partial charge in [0.25, 0.3) is 12.0 Å². The Morgan fingerprint density at radius 1 is 1.18 bits per heavy atom. The monoisotopic (exact) mass is 389 g/mol. The third-order valence-corrected chi connectivity index (χ3v) is 4.91. The molecule has 0 atom stereocenters. The fourth-order valence-electron chi connectivity index (χ4n) is 3.45. The first-order valence-corrected chi connectivity index (χ1v) is 9.15. The van der Waals surface area contributed by atoms with E-state index in [1.54, 1.807) is 12.3 Å². The van der Waals surface area contributed by atoms with Crippen molar-refractivity contribution < 1.29 is 13.2 Å². The number of benzene rings is 1. The number of hydrogen-bond acceptors (Lipinski definition) is 6. The molecule has 0 saturated carbocycles. The zero-order valence-electron chi connectivity index (χ0n) is 15.5. The lowest BCUT2D eigenvalue weighted by Crippen LogP contribution is -2.46. The highest BCUT2D eigenvalue weighted by Crippen LogP contribution is 2.21. The van der Waals surface area contributed by atoms with Crippen molar-refractivity contribution in [1.29, 1.82) is 0 Å². The summed E-state index contributed by atoms with van der Waals surface area (Å²) in [4.78, 5) is 25.3. The number of halogens is 2. The Morgan fingerprint density at radius 2 is 1.96 bits per heavy atom. The Bertz CT molecular complexity index is 1020. The van der Waals surface area contributed by atoms with Crippen molar-refractivity contribution in [3.8, 4) is 0 Å². The van der Waals surface area contributed by atoms with Crippen molar-refractivity contribution in [1.82, 2.24) is 19.4 Å². The van der Waals surface area contributed by atoms with E-state index in [0.29, 0.717) is 17.4 Å². The normalized spacial score (nSPS) is 15.6. The van der Waals surface area contributed by atoms with Gasteiger partial charge in [0.2, 0.25) is 5.89 Å². The fraction of sp³-hybridized carbons (Fsp3) is 0.421. The first kappa shape index (κ1) is 18.5. The van der Waals surface area contributed by atoms with Crippen LogP contribution in [0.2, 0.25) is 0 Å². The molecule has 28 heavy (non-hydrogen) atoms. The van der Waals surface area contributed by atoms with Crippen LogP contribution in [0.5, 0.6) is 0 Å². The molecule has 4 rings (SSSR count). The maximum Gasteiger partial charge on any atom is 0.261 e. The molecular formula is C19H21F2N5O2. The molecule has 0 unspecified atom stereocenters. The molecule has 9 heteroatoms. The molecule has 0 amide bonds. The minimum absolute atomic E-state index is 0.352. The molecule has 0 radical (unpaired) electrons.